The van der Waals surface area contributed by atoms with Crippen LogP contribution in [0.1, 0.15) is 40.2 Å². The van der Waals surface area contributed by atoms with Gasteiger partial charge in [-0.25, -0.2) is 0 Å². The molecule has 124 valence electrons. The molecular formula is C18H30N2O2. The van der Waals surface area contributed by atoms with Gasteiger partial charge in [-0.1, -0.05) is 30.3 Å². The molecule has 0 aliphatic heterocycles. The Balaban J connectivity index is 2.29. The lowest BCUT2D eigenvalue weighted by Crippen LogP contribution is -2.44. The number of hydrogen-bond acceptors (Lipinski definition) is 3. The monoisotopic (exact) mass is 306 g/mol. The van der Waals surface area contributed by atoms with Crippen LogP contribution in [0, 0.1) is 0 Å². The van der Waals surface area contributed by atoms with Crippen LogP contribution in [0.15, 0.2) is 30.3 Å². The molecule has 4 heteroatoms. The van der Waals surface area contributed by atoms with Crippen molar-refractivity contribution in [3.63, 3.8) is 0 Å². The second-order valence-corrected chi connectivity index (χ2v) is 6.16. The normalized spacial score (nSPS) is 12.9. The van der Waals surface area contributed by atoms with Crippen molar-refractivity contribution in [1.82, 2.24) is 10.2 Å². The van der Waals surface area contributed by atoms with E-state index in [1.54, 1.807) is 6.92 Å². The van der Waals surface area contributed by atoms with Gasteiger partial charge in [0.15, 0.2) is 0 Å². The Morgan fingerprint density at radius 3 is 2.23 bits per heavy atom. The highest BCUT2D eigenvalue weighted by Crippen LogP contribution is 2.05. The molecule has 1 aromatic carbocycles. The lowest BCUT2D eigenvalue weighted by Gasteiger charge is -2.30. The number of nitrogens with one attached hydrogen (secondary N) is 1. The molecule has 22 heavy (non-hydrogen) atoms. The summed E-state index contributed by atoms with van der Waals surface area (Å²) >= 11 is 0. The quantitative estimate of drug-likeness (QED) is 0.763. The van der Waals surface area contributed by atoms with E-state index in [0.29, 0.717) is 25.2 Å². The predicted octanol–water partition coefficient (Wildman–Crippen LogP) is 2.83. The van der Waals surface area contributed by atoms with Crippen LogP contribution in [0.5, 0.6) is 0 Å². The topological polar surface area (TPSA) is 41.6 Å². The zero-order valence-electron chi connectivity index (χ0n) is 14.5. The Hall–Kier alpha value is -1.39. The first-order chi connectivity index (χ1) is 10.4. The molecule has 0 radical (unpaired) electrons. The summed E-state index contributed by atoms with van der Waals surface area (Å²) in [5.74, 6) is -0.0524. The second kappa shape index (κ2) is 9.59. The lowest BCUT2D eigenvalue weighted by atomic mass is 10.2. The van der Waals surface area contributed by atoms with Crippen molar-refractivity contribution in [3.8, 4) is 0 Å². The maximum absolute atomic E-state index is 12.0. The standard InChI is InChI=1S/C18H30N2O2/c1-14(2)20(15(3)4)12-11-19-18(21)16(5)22-13-17-9-7-6-8-10-17/h6-10,14-16H,11-13H2,1-5H3,(H,19,21)/t16-/m1/s1. The van der Waals surface area contributed by atoms with Gasteiger partial charge in [-0.05, 0) is 40.2 Å². The van der Waals surface area contributed by atoms with Crippen molar-refractivity contribution in [3.05, 3.63) is 35.9 Å². The third-order valence-electron chi connectivity index (χ3n) is 3.71. The summed E-state index contributed by atoms with van der Waals surface area (Å²) in [5, 5.41) is 2.95. The van der Waals surface area contributed by atoms with Crippen molar-refractivity contribution in [2.75, 3.05) is 13.1 Å². The lowest BCUT2D eigenvalue weighted by molar-refractivity contribution is -0.132. The van der Waals surface area contributed by atoms with Gasteiger partial charge in [-0.3, -0.25) is 9.69 Å². The number of carbonyl (C=O) groups excluding carboxylic acids is 1. The SMILES string of the molecule is CC(C)N(CCNC(=O)[C@@H](C)OCc1ccccc1)C(C)C. The van der Waals surface area contributed by atoms with E-state index in [2.05, 4.69) is 37.9 Å². The van der Waals surface area contributed by atoms with Gasteiger partial charge in [0, 0.05) is 25.2 Å². The van der Waals surface area contributed by atoms with Crippen LogP contribution in [0.3, 0.4) is 0 Å². The first-order valence-electron chi connectivity index (χ1n) is 8.10. The van der Waals surface area contributed by atoms with Crippen molar-refractivity contribution in [2.45, 2.75) is 59.4 Å². The molecular weight excluding hydrogens is 276 g/mol. The average Bonchev–Trinajstić information content (AvgIpc) is 2.49. The van der Waals surface area contributed by atoms with E-state index in [9.17, 15) is 4.79 Å². The van der Waals surface area contributed by atoms with Gasteiger partial charge in [-0.15, -0.1) is 0 Å². The Morgan fingerprint density at radius 1 is 1.09 bits per heavy atom. The molecule has 1 atom stereocenters. The molecule has 0 aromatic heterocycles. The van der Waals surface area contributed by atoms with E-state index < -0.39 is 6.10 Å². The second-order valence-electron chi connectivity index (χ2n) is 6.16. The van der Waals surface area contributed by atoms with Crippen LogP contribution >= 0.6 is 0 Å². The van der Waals surface area contributed by atoms with Gasteiger partial charge in [-0.2, -0.15) is 0 Å². The summed E-state index contributed by atoms with van der Waals surface area (Å²) < 4.78 is 5.62. The van der Waals surface area contributed by atoms with Crippen LogP contribution in [-0.4, -0.2) is 42.1 Å². The summed E-state index contributed by atoms with van der Waals surface area (Å²) in [4.78, 5) is 14.4. The van der Waals surface area contributed by atoms with E-state index in [1.807, 2.05) is 30.3 Å². The smallest absolute Gasteiger partial charge is 0.248 e. The van der Waals surface area contributed by atoms with Crippen molar-refractivity contribution in [1.29, 1.82) is 0 Å². The van der Waals surface area contributed by atoms with Gasteiger partial charge in [0.2, 0.25) is 5.91 Å². The minimum Gasteiger partial charge on any atom is -0.364 e. The minimum absolute atomic E-state index is 0.0524. The molecule has 1 amide bonds. The van der Waals surface area contributed by atoms with Crippen LogP contribution in [-0.2, 0) is 16.1 Å². The van der Waals surface area contributed by atoms with Crippen LogP contribution in [0.25, 0.3) is 0 Å². The number of benzene rings is 1. The fraction of sp³-hybridized carbons (Fsp3) is 0.611. The van der Waals surface area contributed by atoms with Gasteiger partial charge in [0.25, 0.3) is 0 Å². The molecule has 0 spiro atoms. The summed E-state index contributed by atoms with van der Waals surface area (Å²) in [5.41, 5.74) is 1.08. The summed E-state index contributed by atoms with van der Waals surface area (Å²) in [6.45, 7) is 12.4. The van der Waals surface area contributed by atoms with Gasteiger partial charge in [0.05, 0.1) is 6.61 Å². The molecule has 0 unspecified atom stereocenters. The van der Waals surface area contributed by atoms with Crippen LogP contribution < -0.4 is 5.32 Å². The molecule has 0 bridgehead atoms. The molecule has 0 saturated heterocycles. The zero-order chi connectivity index (χ0) is 16.5. The Labute approximate surface area is 134 Å². The molecule has 1 rings (SSSR count). The maximum Gasteiger partial charge on any atom is 0.248 e. The highest BCUT2D eigenvalue weighted by atomic mass is 16.5. The van der Waals surface area contributed by atoms with Crippen LogP contribution in [0.4, 0.5) is 0 Å². The third kappa shape index (κ3) is 6.58. The van der Waals surface area contributed by atoms with Crippen LogP contribution in [0.2, 0.25) is 0 Å². The number of carbonyl (C=O) groups is 1. The average molecular weight is 306 g/mol. The molecule has 0 saturated carbocycles. The number of rotatable bonds is 9. The Kier molecular flexibility index (Phi) is 8.13. The first-order valence-corrected chi connectivity index (χ1v) is 8.10. The molecule has 0 heterocycles. The largest absolute Gasteiger partial charge is 0.364 e. The van der Waals surface area contributed by atoms with E-state index >= 15 is 0 Å². The highest BCUT2D eigenvalue weighted by Gasteiger charge is 2.16. The zero-order valence-corrected chi connectivity index (χ0v) is 14.5. The molecule has 0 aliphatic rings. The minimum atomic E-state index is -0.438. The summed E-state index contributed by atoms with van der Waals surface area (Å²) in [6, 6.07) is 10.8. The fourth-order valence-corrected chi connectivity index (χ4v) is 2.44. The summed E-state index contributed by atoms with van der Waals surface area (Å²) in [7, 11) is 0. The third-order valence-corrected chi connectivity index (χ3v) is 3.71. The molecule has 1 N–H and O–H groups in total. The first kappa shape index (κ1) is 18.7. The van der Waals surface area contributed by atoms with E-state index in [0.717, 1.165) is 12.1 Å². The fourth-order valence-electron chi connectivity index (χ4n) is 2.44. The highest BCUT2D eigenvalue weighted by molar-refractivity contribution is 5.80. The van der Waals surface area contributed by atoms with Gasteiger partial charge >= 0.3 is 0 Å². The number of hydrogen-bond donors (Lipinski definition) is 1. The van der Waals surface area contributed by atoms with Gasteiger partial charge in [0.1, 0.15) is 6.10 Å². The molecule has 0 aliphatic carbocycles. The van der Waals surface area contributed by atoms with Crippen molar-refractivity contribution < 1.29 is 9.53 Å². The maximum atomic E-state index is 12.0. The van der Waals surface area contributed by atoms with E-state index in [4.69, 9.17) is 4.74 Å². The predicted molar refractivity (Wildman–Crippen MR) is 90.7 cm³/mol. The molecule has 0 fully saturated rings. The Bertz CT molecular complexity index is 424. The number of amides is 1. The van der Waals surface area contributed by atoms with E-state index in [-0.39, 0.29) is 5.91 Å². The van der Waals surface area contributed by atoms with Crippen molar-refractivity contribution in [2.24, 2.45) is 0 Å². The Morgan fingerprint density at radius 2 is 1.68 bits per heavy atom. The van der Waals surface area contributed by atoms with E-state index in [1.165, 1.54) is 0 Å². The van der Waals surface area contributed by atoms with Gasteiger partial charge < -0.3 is 10.1 Å². The molecule has 4 nitrogen and oxygen atoms in total. The molecule has 1 aromatic rings. The number of nitrogens with zero attached hydrogens (tertiary/aromatic N) is 1. The number of ether oxygens (including phenoxy) is 1. The summed E-state index contributed by atoms with van der Waals surface area (Å²) in [6.07, 6.45) is -0.438. The van der Waals surface area contributed by atoms with Crippen molar-refractivity contribution >= 4 is 5.91 Å².